The summed E-state index contributed by atoms with van der Waals surface area (Å²) in [6.07, 6.45) is -0.324. The Morgan fingerprint density at radius 1 is 1.28 bits per heavy atom. The number of rotatable bonds is 3. The average molecular weight is 351 g/mol. The van der Waals surface area contributed by atoms with Gasteiger partial charge in [0.25, 0.3) is 11.8 Å². The minimum atomic E-state index is -2.83. The SMILES string of the molecule is Cc1cc(OCC(=O)N2CCC(F)(F)C2)c2c(C)c(C)c(=O)oc2c1. The fourth-order valence-corrected chi connectivity index (χ4v) is 2.98. The number of carbonyl (C=O) groups excluding carboxylic acids is 1. The van der Waals surface area contributed by atoms with Crippen LogP contribution >= 0.6 is 0 Å². The summed E-state index contributed by atoms with van der Waals surface area (Å²) in [5.74, 6) is -2.92. The molecule has 2 aromatic rings. The molecule has 134 valence electrons. The van der Waals surface area contributed by atoms with E-state index in [1.54, 1.807) is 26.0 Å². The van der Waals surface area contributed by atoms with E-state index >= 15 is 0 Å². The summed E-state index contributed by atoms with van der Waals surface area (Å²) in [6, 6.07) is 3.46. The molecule has 1 aromatic heterocycles. The largest absolute Gasteiger partial charge is 0.483 e. The van der Waals surface area contributed by atoms with Crippen molar-refractivity contribution in [1.29, 1.82) is 0 Å². The first-order chi connectivity index (χ1) is 11.7. The van der Waals surface area contributed by atoms with Crippen molar-refractivity contribution < 1.29 is 22.7 Å². The molecule has 7 heteroatoms. The van der Waals surface area contributed by atoms with Gasteiger partial charge in [-0.2, -0.15) is 0 Å². The molecule has 0 bridgehead atoms. The van der Waals surface area contributed by atoms with Crippen LogP contribution in [0.25, 0.3) is 11.0 Å². The second-order valence-electron chi connectivity index (χ2n) is 6.49. The van der Waals surface area contributed by atoms with Crippen molar-refractivity contribution in [3.63, 3.8) is 0 Å². The molecule has 0 N–H and O–H groups in total. The normalized spacial score (nSPS) is 16.4. The van der Waals surface area contributed by atoms with Crippen molar-refractivity contribution in [2.24, 2.45) is 0 Å². The molecule has 2 heterocycles. The molecule has 1 aromatic carbocycles. The van der Waals surface area contributed by atoms with Gasteiger partial charge in [-0.3, -0.25) is 4.79 Å². The number of amides is 1. The highest BCUT2D eigenvalue weighted by Gasteiger charge is 2.40. The third-order valence-electron chi connectivity index (χ3n) is 4.53. The summed E-state index contributed by atoms with van der Waals surface area (Å²) in [5, 5.41) is 0.613. The summed E-state index contributed by atoms with van der Waals surface area (Å²) in [4.78, 5) is 25.1. The first-order valence-electron chi connectivity index (χ1n) is 8.01. The van der Waals surface area contributed by atoms with E-state index in [1.807, 2.05) is 6.92 Å². The predicted octanol–water partition coefficient (Wildman–Crippen LogP) is 2.96. The van der Waals surface area contributed by atoms with Gasteiger partial charge in [-0.1, -0.05) is 0 Å². The minimum Gasteiger partial charge on any atom is -0.483 e. The number of benzene rings is 1. The highest BCUT2D eigenvalue weighted by molar-refractivity contribution is 5.88. The molecular weight excluding hydrogens is 332 g/mol. The summed E-state index contributed by atoms with van der Waals surface area (Å²) in [6.45, 7) is 4.35. The lowest BCUT2D eigenvalue weighted by atomic mass is 10.0. The van der Waals surface area contributed by atoms with Crippen LogP contribution in [0.15, 0.2) is 21.3 Å². The van der Waals surface area contributed by atoms with Gasteiger partial charge in [0.1, 0.15) is 11.3 Å². The second-order valence-corrected chi connectivity index (χ2v) is 6.49. The lowest BCUT2D eigenvalue weighted by Crippen LogP contribution is -2.35. The van der Waals surface area contributed by atoms with Crippen LogP contribution in [0.2, 0.25) is 0 Å². The van der Waals surface area contributed by atoms with Crippen molar-refractivity contribution in [2.45, 2.75) is 33.1 Å². The van der Waals surface area contributed by atoms with Crippen LogP contribution in [0.4, 0.5) is 8.78 Å². The molecule has 25 heavy (non-hydrogen) atoms. The van der Waals surface area contributed by atoms with Crippen LogP contribution in [-0.4, -0.2) is 36.4 Å². The van der Waals surface area contributed by atoms with Gasteiger partial charge < -0.3 is 14.1 Å². The highest BCUT2D eigenvalue weighted by atomic mass is 19.3. The van der Waals surface area contributed by atoms with Crippen molar-refractivity contribution in [3.05, 3.63) is 39.2 Å². The molecule has 1 saturated heterocycles. The Bertz CT molecular complexity index is 904. The Morgan fingerprint density at radius 3 is 2.64 bits per heavy atom. The van der Waals surface area contributed by atoms with E-state index in [1.165, 1.54) is 0 Å². The smallest absolute Gasteiger partial charge is 0.339 e. The molecule has 0 atom stereocenters. The Morgan fingerprint density at radius 2 is 2.00 bits per heavy atom. The standard InChI is InChI=1S/C18H19F2NO4/c1-10-6-13(16-11(2)12(3)17(23)25-14(16)7-10)24-8-15(22)21-5-4-18(19,20)9-21/h6-7H,4-5,8-9H2,1-3H3. The second kappa shape index (κ2) is 6.13. The van der Waals surface area contributed by atoms with Gasteiger partial charge in [-0.15, -0.1) is 0 Å². The summed E-state index contributed by atoms with van der Waals surface area (Å²) >= 11 is 0. The minimum absolute atomic E-state index is 0.0246. The fourth-order valence-electron chi connectivity index (χ4n) is 2.98. The zero-order valence-corrected chi connectivity index (χ0v) is 14.3. The molecule has 1 amide bonds. The number of alkyl halides is 2. The molecule has 5 nitrogen and oxygen atoms in total. The number of fused-ring (bicyclic) bond motifs is 1. The Hall–Kier alpha value is -2.44. The topological polar surface area (TPSA) is 59.8 Å². The van der Waals surface area contributed by atoms with E-state index in [0.29, 0.717) is 27.8 Å². The summed E-state index contributed by atoms with van der Waals surface area (Å²) in [5.41, 5.74) is 1.93. The zero-order valence-electron chi connectivity index (χ0n) is 14.3. The maximum atomic E-state index is 13.2. The van der Waals surface area contributed by atoms with E-state index in [9.17, 15) is 18.4 Å². The number of hydrogen-bond donors (Lipinski definition) is 0. The lowest BCUT2D eigenvalue weighted by Gasteiger charge is -2.17. The molecule has 0 spiro atoms. The number of nitrogens with zero attached hydrogens (tertiary/aromatic N) is 1. The van der Waals surface area contributed by atoms with Gasteiger partial charge in [-0.25, -0.2) is 13.6 Å². The number of aryl methyl sites for hydroxylation is 2. The van der Waals surface area contributed by atoms with Gasteiger partial charge in [0.15, 0.2) is 6.61 Å². The molecular formula is C18H19F2NO4. The third kappa shape index (κ3) is 3.36. The van der Waals surface area contributed by atoms with E-state index < -0.39 is 24.0 Å². The van der Waals surface area contributed by atoms with E-state index in [2.05, 4.69) is 0 Å². The molecule has 0 unspecified atom stereocenters. The Kier molecular flexibility index (Phi) is 4.26. The zero-order chi connectivity index (χ0) is 18.4. The van der Waals surface area contributed by atoms with Crippen LogP contribution in [0.3, 0.4) is 0 Å². The highest BCUT2D eigenvalue weighted by Crippen LogP contribution is 2.31. The lowest BCUT2D eigenvalue weighted by molar-refractivity contribution is -0.133. The van der Waals surface area contributed by atoms with E-state index in [4.69, 9.17) is 9.15 Å². The monoisotopic (exact) mass is 351 g/mol. The number of halogens is 2. The van der Waals surface area contributed by atoms with Crippen molar-refractivity contribution in [2.75, 3.05) is 19.7 Å². The van der Waals surface area contributed by atoms with Crippen LogP contribution in [0.1, 0.15) is 23.1 Å². The molecule has 1 fully saturated rings. The van der Waals surface area contributed by atoms with Gasteiger partial charge in [0.2, 0.25) is 0 Å². The number of likely N-dealkylation sites (tertiary alicyclic amines) is 1. The van der Waals surface area contributed by atoms with Gasteiger partial charge in [0, 0.05) is 18.5 Å². The Balaban J connectivity index is 1.88. The molecule has 3 rings (SSSR count). The number of carbonyl (C=O) groups is 1. The third-order valence-corrected chi connectivity index (χ3v) is 4.53. The maximum Gasteiger partial charge on any atom is 0.339 e. The molecule has 1 aliphatic heterocycles. The van der Waals surface area contributed by atoms with E-state index in [-0.39, 0.29) is 19.6 Å². The first kappa shape index (κ1) is 17.4. The van der Waals surface area contributed by atoms with Gasteiger partial charge in [0.05, 0.1) is 11.9 Å². The first-order valence-corrected chi connectivity index (χ1v) is 8.01. The summed E-state index contributed by atoms with van der Waals surface area (Å²) < 4.78 is 37.4. The van der Waals surface area contributed by atoms with Crippen molar-refractivity contribution in [1.82, 2.24) is 4.90 Å². The van der Waals surface area contributed by atoms with Crippen molar-refractivity contribution >= 4 is 16.9 Å². The predicted molar refractivity (Wildman–Crippen MR) is 88.3 cm³/mol. The van der Waals surface area contributed by atoms with Crippen LogP contribution in [0.5, 0.6) is 5.75 Å². The Labute approximate surface area is 143 Å². The quantitative estimate of drug-likeness (QED) is 0.798. The maximum absolute atomic E-state index is 13.2. The van der Waals surface area contributed by atoms with Crippen LogP contribution < -0.4 is 10.4 Å². The number of hydrogen-bond acceptors (Lipinski definition) is 4. The van der Waals surface area contributed by atoms with Crippen LogP contribution in [0, 0.1) is 20.8 Å². The molecule has 0 saturated carbocycles. The fraction of sp³-hybridized carbons (Fsp3) is 0.444. The number of ether oxygens (including phenoxy) is 1. The van der Waals surface area contributed by atoms with Crippen LogP contribution in [-0.2, 0) is 4.79 Å². The van der Waals surface area contributed by atoms with Gasteiger partial charge in [-0.05, 0) is 44.0 Å². The van der Waals surface area contributed by atoms with Crippen molar-refractivity contribution in [3.8, 4) is 5.75 Å². The average Bonchev–Trinajstić information content (AvgIpc) is 2.89. The molecule has 1 aliphatic rings. The summed E-state index contributed by atoms with van der Waals surface area (Å²) in [7, 11) is 0. The molecule has 0 radical (unpaired) electrons. The van der Waals surface area contributed by atoms with Gasteiger partial charge >= 0.3 is 5.63 Å². The molecule has 0 aliphatic carbocycles. The van der Waals surface area contributed by atoms with E-state index in [0.717, 1.165) is 10.5 Å².